The standard InChI is InChI=1S/C8H9Cl3O2/c1-2-3-4-13-7-5(9)6(12)8(7,10)11/h2-4H2,1H3. The molecule has 0 N–H and O–H groups in total. The first-order valence-electron chi connectivity index (χ1n) is 3.97. The van der Waals surface area contributed by atoms with Gasteiger partial charge in [-0.1, -0.05) is 48.1 Å². The van der Waals surface area contributed by atoms with E-state index < -0.39 is 10.1 Å². The Morgan fingerprint density at radius 1 is 1.46 bits per heavy atom. The molecule has 0 aromatic carbocycles. The highest BCUT2D eigenvalue weighted by atomic mass is 35.5. The SMILES string of the molecule is CCCCOC1=C(Cl)C(=O)C1(Cl)Cl. The third-order valence-electron chi connectivity index (χ3n) is 1.71. The second-order valence-corrected chi connectivity index (χ2v) is 4.45. The molecular formula is C8H9Cl3O2. The Morgan fingerprint density at radius 2 is 2.08 bits per heavy atom. The average Bonchev–Trinajstić information content (AvgIpc) is 2.10. The van der Waals surface area contributed by atoms with Crippen LogP contribution in [0.25, 0.3) is 0 Å². The Labute approximate surface area is 91.8 Å². The number of carbonyl (C=O) groups is 1. The summed E-state index contributed by atoms with van der Waals surface area (Å²) in [6.07, 6.45) is 1.88. The second-order valence-electron chi connectivity index (χ2n) is 2.75. The van der Waals surface area contributed by atoms with Crippen molar-refractivity contribution in [1.29, 1.82) is 0 Å². The van der Waals surface area contributed by atoms with E-state index in [9.17, 15) is 4.79 Å². The first kappa shape index (κ1) is 11.2. The van der Waals surface area contributed by atoms with Gasteiger partial charge in [0, 0.05) is 0 Å². The van der Waals surface area contributed by atoms with E-state index >= 15 is 0 Å². The Morgan fingerprint density at radius 3 is 2.54 bits per heavy atom. The van der Waals surface area contributed by atoms with Crippen molar-refractivity contribution in [2.24, 2.45) is 0 Å². The number of hydrogen-bond donors (Lipinski definition) is 0. The van der Waals surface area contributed by atoms with E-state index in [1.807, 2.05) is 6.92 Å². The molecule has 0 aromatic heterocycles. The number of halogens is 3. The summed E-state index contributed by atoms with van der Waals surface area (Å²) < 4.78 is 3.63. The molecule has 0 aliphatic heterocycles. The van der Waals surface area contributed by atoms with E-state index in [4.69, 9.17) is 39.5 Å². The van der Waals surface area contributed by atoms with Crippen LogP contribution in [0.5, 0.6) is 0 Å². The topological polar surface area (TPSA) is 26.3 Å². The van der Waals surface area contributed by atoms with Gasteiger partial charge in [-0.15, -0.1) is 0 Å². The largest absolute Gasteiger partial charge is 0.493 e. The van der Waals surface area contributed by atoms with Crippen LogP contribution in [-0.2, 0) is 9.53 Å². The van der Waals surface area contributed by atoms with Crippen LogP contribution >= 0.6 is 34.8 Å². The molecule has 0 unspecified atom stereocenters. The molecular weight excluding hydrogens is 234 g/mol. The van der Waals surface area contributed by atoms with Gasteiger partial charge in [-0.2, -0.15) is 0 Å². The lowest BCUT2D eigenvalue weighted by molar-refractivity contribution is -0.118. The highest BCUT2D eigenvalue weighted by Crippen LogP contribution is 2.46. The van der Waals surface area contributed by atoms with Crippen LogP contribution in [0.2, 0.25) is 0 Å². The number of unbranched alkanes of at least 4 members (excludes halogenated alkanes) is 1. The molecule has 1 aliphatic rings. The van der Waals surface area contributed by atoms with Gasteiger partial charge in [0.1, 0.15) is 5.03 Å². The van der Waals surface area contributed by atoms with Crippen molar-refractivity contribution in [3.63, 3.8) is 0 Å². The molecule has 0 aromatic rings. The van der Waals surface area contributed by atoms with Gasteiger partial charge in [-0.3, -0.25) is 4.79 Å². The van der Waals surface area contributed by atoms with Crippen molar-refractivity contribution in [2.45, 2.75) is 24.1 Å². The molecule has 1 aliphatic carbocycles. The molecule has 13 heavy (non-hydrogen) atoms. The Kier molecular flexibility index (Phi) is 3.50. The number of alkyl halides is 2. The number of ether oxygens (including phenoxy) is 1. The van der Waals surface area contributed by atoms with Crippen LogP contribution in [0.1, 0.15) is 19.8 Å². The zero-order valence-electron chi connectivity index (χ0n) is 7.07. The fourth-order valence-electron chi connectivity index (χ4n) is 0.892. The van der Waals surface area contributed by atoms with Crippen molar-refractivity contribution in [3.05, 3.63) is 10.8 Å². The summed E-state index contributed by atoms with van der Waals surface area (Å²) in [5.74, 6) is -0.292. The summed E-state index contributed by atoms with van der Waals surface area (Å²) in [7, 11) is 0. The first-order valence-corrected chi connectivity index (χ1v) is 5.10. The van der Waals surface area contributed by atoms with Gasteiger partial charge < -0.3 is 4.74 Å². The minimum atomic E-state index is -1.55. The average molecular weight is 244 g/mol. The molecule has 0 radical (unpaired) electrons. The smallest absolute Gasteiger partial charge is 0.239 e. The fraction of sp³-hybridized carbons (Fsp3) is 0.625. The normalized spacial score (nSPS) is 20.2. The monoisotopic (exact) mass is 242 g/mol. The maximum atomic E-state index is 11.0. The lowest BCUT2D eigenvalue weighted by Gasteiger charge is -2.30. The lowest BCUT2D eigenvalue weighted by atomic mass is 10.0. The molecule has 0 atom stereocenters. The van der Waals surface area contributed by atoms with Gasteiger partial charge in [0.2, 0.25) is 10.1 Å². The highest BCUT2D eigenvalue weighted by Gasteiger charge is 2.53. The lowest BCUT2D eigenvalue weighted by Crippen LogP contribution is -2.40. The van der Waals surface area contributed by atoms with Gasteiger partial charge >= 0.3 is 0 Å². The number of ketones is 1. The van der Waals surface area contributed by atoms with Crippen LogP contribution in [0.3, 0.4) is 0 Å². The van der Waals surface area contributed by atoms with Crippen LogP contribution in [0.4, 0.5) is 0 Å². The van der Waals surface area contributed by atoms with Crippen molar-refractivity contribution in [3.8, 4) is 0 Å². The maximum Gasteiger partial charge on any atom is 0.239 e. The van der Waals surface area contributed by atoms with E-state index in [2.05, 4.69) is 0 Å². The van der Waals surface area contributed by atoms with Crippen LogP contribution < -0.4 is 0 Å². The summed E-state index contributed by atoms with van der Waals surface area (Å²) in [4.78, 5) is 11.0. The van der Waals surface area contributed by atoms with E-state index in [0.717, 1.165) is 12.8 Å². The van der Waals surface area contributed by atoms with Crippen LogP contribution in [-0.4, -0.2) is 16.7 Å². The van der Waals surface area contributed by atoms with Gasteiger partial charge in [0.15, 0.2) is 5.76 Å². The molecule has 0 saturated carbocycles. The Hall–Kier alpha value is 0.0800. The molecule has 0 spiro atoms. The Balaban J connectivity index is 2.56. The molecule has 0 fully saturated rings. The zero-order valence-corrected chi connectivity index (χ0v) is 9.34. The van der Waals surface area contributed by atoms with Gasteiger partial charge in [0.25, 0.3) is 0 Å². The number of hydrogen-bond acceptors (Lipinski definition) is 2. The quantitative estimate of drug-likeness (QED) is 0.560. The number of rotatable bonds is 4. The molecule has 5 heteroatoms. The molecule has 1 rings (SSSR count). The molecule has 74 valence electrons. The number of allylic oxidation sites excluding steroid dienone is 2. The van der Waals surface area contributed by atoms with Crippen LogP contribution in [0, 0.1) is 0 Å². The number of carbonyl (C=O) groups excluding carboxylic acids is 1. The summed E-state index contributed by atoms with van der Waals surface area (Å²) in [6, 6.07) is 0. The minimum absolute atomic E-state index is 0.0149. The summed E-state index contributed by atoms with van der Waals surface area (Å²) in [5, 5.41) is 0.0149. The van der Waals surface area contributed by atoms with Crippen molar-refractivity contribution < 1.29 is 9.53 Å². The summed E-state index contributed by atoms with van der Waals surface area (Å²) in [6.45, 7) is 2.51. The highest BCUT2D eigenvalue weighted by molar-refractivity contribution is 6.69. The minimum Gasteiger partial charge on any atom is -0.493 e. The summed E-state index contributed by atoms with van der Waals surface area (Å²) >= 11 is 16.9. The molecule has 0 saturated heterocycles. The van der Waals surface area contributed by atoms with Gasteiger partial charge in [0.05, 0.1) is 6.61 Å². The van der Waals surface area contributed by atoms with E-state index in [-0.39, 0.29) is 10.8 Å². The predicted octanol–water partition coefficient (Wildman–Crippen LogP) is 3.01. The molecule has 0 heterocycles. The second kappa shape index (κ2) is 4.07. The van der Waals surface area contributed by atoms with Gasteiger partial charge in [-0.05, 0) is 6.42 Å². The van der Waals surface area contributed by atoms with Gasteiger partial charge in [-0.25, -0.2) is 0 Å². The van der Waals surface area contributed by atoms with Crippen molar-refractivity contribution in [1.82, 2.24) is 0 Å². The first-order chi connectivity index (χ1) is 6.01. The maximum absolute atomic E-state index is 11.0. The Bertz CT molecular complexity index is 258. The predicted molar refractivity (Wildman–Crippen MR) is 53.2 cm³/mol. The third-order valence-corrected chi connectivity index (χ3v) is 2.74. The molecule has 0 amide bonds. The van der Waals surface area contributed by atoms with Crippen molar-refractivity contribution in [2.75, 3.05) is 6.61 Å². The zero-order chi connectivity index (χ0) is 10.1. The fourth-order valence-corrected chi connectivity index (χ4v) is 1.91. The third kappa shape index (κ3) is 1.95. The number of Topliss-reactive ketones (excluding diaryl/α,β-unsaturated/α-hetero) is 1. The molecule has 2 nitrogen and oxygen atoms in total. The van der Waals surface area contributed by atoms with E-state index in [1.165, 1.54) is 0 Å². The summed E-state index contributed by atoms with van der Waals surface area (Å²) in [5.41, 5.74) is 0. The molecule has 0 bridgehead atoms. The van der Waals surface area contributed by atoms with Crippen LogP contribution in [0.15, 0.2) is 10.8 Å². The van der Waals surface area contributed by atoms with Crippen molar-refractivity contribution >= 4 is 40.6 Å². The van der Waals surface area contributed by atoms with E-state index in [0.29, 0.717) is 6.61 Å². The van der Waals surface area contributed by atoms with E-state index in [1.54, 1.807) is 0 Å².